The second-order valence-electron chi connectivity index (χ2n) is 5.80. The largest absolute Gasteiger partial charge is 0.322 e. The molecule has 0 unspecified atom stereocenters. The molecule has 3 aromatic rings. The standard InChI is InChI=1S/C18H16ClN5O3/c1-10-16(21-11(2)25)18(27)24(23-10)15-8-3-12(9-20-15)17(26)22-14-6-4-13(19)5-7-14/h3-9,23H,1-2H3,(H,21,25)(H,22,26). The van der Waals surface area contributed by atoms with Crippen LogP contribution in [0.25, 0.3) is 5.82 Å². The van der Waals surface area contributed by atoms with Crippen molar-refractivity contribution in [3.05, 3.63) is 69.2 Å². The van der Waals surface area contributed by atoms with Gasteiger partial charge in [-0.05, 0) is 43.3 Å². The van der Waals surface area contributed by atoms with Crippen molar-refractivity contribution in [2.24, 2.45) is 0 Å². The molecule has 1 aromatic carbocycles. The topological polar surface area (TPSA) is 109 Å². The van der Waals surface area contributed by atoms with Crippen LogP contribution in [0.2, 0.25) is 5.02 Å². The minimum absolute atomic E-state index is 0.161. The van der Waals surface area contributed by atoms with Gasteiger partial charge in [-0.15, -0.1) is 0 Å². The second-order valence-corrected chi connectivity index (χ2v) is 6.24. The molecular weight excluding hydrogens is 370 g/mol. The molecule has 2 aromatic heterocycles. The van der Waals surface area contributed by atoms with Gasteiger partial charge in [0.05, 0.1) is 11.3 Å². The number of aromatic amines is 1. The average Bonchev–Trinajstić information content (AvgIpc) is 2.91. The molecule has 0 saturated carbocycles. The van der Waals surface area contributed by atoms with Crippen LogP contribution < -0.4 is 16.2 Å². The van der Waals surface area contributed by atoms with Crippen LogP contribution in [0, 0.1) is 6.92 Å². The van der Waals surface area contributed by atoms with Crippen molar-refractivity contribution in [1.29, 1.82) is 0 Å². The lowest BCUT2D eigenvalue weighted by Gasteiger charge is -2.06. The Balaban J connectivity index is 1.81. The van der Waals surface area contributed by atoms with Gasteiger partial charge in [-0.25, -0.2) is 4.98 Å². The number of carbonyl (C=O) groups excluding carboxylic acids is 2. The SMILES string of the molecule is CC(=O)Nc1c(C)[nH]n(-c2ccc(C(=O)Nc3ccc(Cl)cc3)cn2)c1=O. The van der Waals surface area contributed by atoms with E-state index in [1.54, 1.807) is 37.3 Å². The van der Waals surface area contributed by atoms with Gasteiger partial charge >= 0.3 is 0 Å². The van der Waals surface area contributed by atoms with Crippen LogP contribution in [0.15, 0.2) is 47.4 Å². The highest BCUT2D eigenvalue weighted by atomic mass is 35.5. The Kier molecular flexibility index (Phi) is 5.09. The van der Waals surface area contributed by atoms with E-state index < -0.39 is 5.56 Å². The Morgan fingerprint density at radius 3 is 2.41 bits per heavy atom. The molecule has 8 nitrogen and oxygen atoms in total. The zero-order valence-corrected chi connectivity index (χ0v) is 15.3. The number of nitrogens with zero attached hydrogens (tertiary/aromatic N) is 2. The first kappa shape index (κ1) is 18.4. The highest BCUT2D eigenvalue weighted by molar-refractivity contribution is 6.30. The molecule has 9 heteroatoms. The zero-order chi connectivity index (χ0) is 19.6. The minimum atomic E-state index is -0.437. The van der Waals surface area contributed by atoms with Crippen molar-refractivity contribution in [2.45, 2.75) is 13.8 Å². The van der Waals surface area contributed by atoms with Gasteiger partial charge in [-0.1, -0.05) is 11.6 Å². The van der Waals surface area contributed by atoms with Crippen LogP contribution in [-0.4, -0.2) is 26.6 Å². The van der Waals surface area contributed by atoms with E-state index in [2.05, 4.69) is 20.7 Å². The highest BCUT2D eigenvalue weighted by Gasteiger charge is 2.15. The molecule has 0 aliphatic carbocycles. The molecule has 138 valence electrons. The molecule has 0 aliphatic rings. The molecule has 0 aliphatic heterocycles. The lowest BCUT2D eigenvalue weighted by molar-refractivity contribution is -0.114. The molecule has 27 heavy (non-hydrogen) atoms. The van der Waals surface area contributed by atoms with Gasteiger partial charge in [0.25, 0.3) is 11.5 Å². The predicted molar refractivity (Wildman–Crippen MR) is 103 cm³/mol. The summed E-state index contributed by atoms with van der Waals surface area (Å²) in [6.07, 6.45) is 1.36. The first-order valence-corrected chi connectivity index (χ1v) is 8.35. The van der Waals surface area contributed by atoms with Gasteiger partial charge in [-0.2, -0.15) is 4.68 Å². The maximum absolute atomic E-state index is 12.4. The number of hydrogen-bond acceptors (Lipinski definition) is 4. The van der Waals surface area contributed by atoms with E-state index in [1.807, 2.05) is 0 Å². The fourth-order valence-electron chi connectivity index (χ4n) is 2.42. The number of benzene rings is 1. The van der Waals surface area contributed by atoms with Crippen molar-refractivity contribution in [3.8, 4) is 5.82 Å². The van der Waals surface area contributed by atoms with E-state index in [0.29, 0.717) is 27.8 Å². The van der Waals surface area contributed by atoms with Gasteiger partial charge in [0, 0.05) is 23.8 Å². The molecular formula is C18H16ClN5O3. The number of carbonyl (C=O) groups is 2. The molecule has 0 radical (unpaired) electrons. The number of rotatable bonds is 4. The summed E-state index contributed by atoms with van der Waals surface area (Å²) in [4.78, 5) is 40.1. The number of halogens is 1. The fourth-order valence-corrected chi connectivity index (χ4v) is 2.55. The molecule has 3 N–H and O–H groups in total. The monoisotopic (exact) mass is 385 g/mol. The Morgan fingerprint density at radius 2 is 1.81 bits per heavy atom. The number of H-pyrrole nitrogens is 1. The van der Waals surface area contributed by atoms with Gasteiger partial charge in [0.1, 0.15) is 5.69 Å². The van der Waals surface area contributed by atoms with Crippen molar-refractivity contribution in [1.82, 2.24) is 14.8 Å². The third kappa shape index (κ3) is 4.06. The lowest BCUT2D eigenvalue weighted by atomic mass is 10.2. The summed E-state index contributed by atoms with van der Waals surface area (Å²) in [6, 6.07) is 9.80. The first-order valence-electron chi connectivity index (χ1n) is 7.97. The van der Waals surface area contributed by atoms with Crippen molar-refractivity contribution in [2.75, 3.05) is 10.6 Å². The minimum Gasteiger partial charge on any atom is -0.322 e. The molecule has 0 atom stereocenters. The summed E-state index contributed by atoms with van der Waals surface area (Å²) in [5.41, 5.74) is 1.15. The quantitative estimate of drug-likeness (QED) is 0.641. The summed E-state index contributed by atoms with van der Waals surface area (Å²) in [6.45, 7) is 2.99. The van der Waals surface area contributed by atoms with Crippen LogP contribution >= 0.6 is 11.6 Å². The number of nitrogens with one attached hydrogen (secondary N) is 3. The second kappa shape index (κ2) is 7.46. The number of pyridine rings is 1. The van der Waals surface area contributed by atoms with Gasteiger partial charge in [0.2, 0.25) is 5.91 Å². The zero-order valence-electron chi connectivity index (χ0n) is 14.5. The molecule has 2 heterocycles. The van der Waals surface area contributed by atoms with Crippen LogP contribution in [-0.2, 0) is 4.79 Å². The van der Waals surface area contributed by atoms with Gasteiger partial charge < -0.3 is 10.6 Å². The van der Waals surface area contributed by atoms with Crippen LogP contribution in [0.4, 0.5) is 11.4 Å². The number of amides is 2. The maximum atomic E-state index is 12.4. The summed E-state index contributed by atoms with van der Waals surface area (Å²) in [5.74, 6) is -0.392. The van der Waals surface area contributed by atoms with Crippen molar-refractivity contribution < 1.29 is 9.59 Å². The maximum Gasteiger partial charge on any atom is 0.296 e. The molecule has 3 rings (SSSR count). The number of aromatic nitrogens is 3. The van der Waals surface area contributed by atoms with Crippen molar-refractivity contribution >= 4 is 34.8 Å². The predicted octanol–water partition coefficient (Wildman–Crippen LogP) is 2.73. The van der Waals surface area contributed by atoms with Gasteiger partial charge in [-0.3, -0.25) is 19.5 Å². The number of anilines is 2. The Labute approximate surface area is 159 Å². The van der Waals surface area contributed by atoms with Gasteiger partial charge in [0.15, 0.2) is 5.82 Å². The first-order chi connectivity index (χ1) is 12.8. The van der Waals surface area contributed by atoms with Crippen LogP contribution in [0.3, 0.4) is 0 Å². The van der Waals surface area contributed by atoms with E-state index in [4.69, 9.17) is 11.6 Å². The Bertz CT molecular complexity index is 1050. The van der Waals surface area contributed by atoms with E-state index in [-0.39, 0.29) is 17.5 Å². The van der Waals surface area contributed by atoms with E-state index in [1.165, 1.54) is 23.9 Å². The third-order valence-corrected chi connectivity index (χ3v) is 3.97. The summed E-state index contributed by atoms with van der Waals surface area (Å²) in [7, 11) is 0. The van der Waals surface area contributed by atoms with Crippen LogP contribution in [0.5, 0.6) is 0 Å². The van der Waals surface area contributed by atoms with E-state index in [9.17, 15) is 14.4 Å². The Hall–Kier alpha value is -3.39. The number of hydrogen-bond donors (Lipinski definition) is 3. The fraction of sp³-hybridized carbons (Fsp3) is 0.111. The van der Waals surface area contributed by atoms with Crippen LogP contribution in [0.1, 0.15) is 23.0 Å². The molecule has 0 fully saturated rings. The molecule has 0 spiro atoms. The van der Waals surface area contributed by atoms with E-state index >= 15 is 0 Å². The average molecular weight is 386 g/mol. The normalized spacial score (nSPS) is 10.5. The van der Waals surface area contributed by atoms with Crippen molar-refractivity contribution in [3.63, 3.8) is 0 Å². The van der Waals surface area contributed by atoms with E-state index in [0.717, 1.165) is 0 Å². The third-order valence-electron chi connectivity index (χ3n) is 3.71. The molecule has 2 amide bonds. The molecule has 0 saturated heterocycles. The summed E-state index contributed by atoms with van der Waals surface area (Å²) >= 11 is 5.82. The summed E-state index contributed by atoms with van der Waals surface area (Å²) in [5, 5.41) is 8.63. The smallest absolute Gasteiger partial charge is 0.296 e. The lowest BCUT2D eigenvalue weighted by Crippen LogP contribution is -2.20. The molecule has 0 bridgehead atoms. The number of aryl methyl sites for hydroxylation is 1. The Morgan fingerprint density at radius 1 is 1.11 bits per heavy atom. The summed E-state index contributed by atoms with van der Waals surface area (Å²) < 4.78 is 1.20. The highest BCUT2D eigenvalue weighted by Crippen LogP contribution is 2.15.